The first-order chi connectivity index (χ1) is 6.18. The van der Waals surface area contributed by atoms with Crippen LogP contribution in [0, 0.1) is 0 Å². The second kappa shape index (κ2) is 3.14. The Labute approximate surface area is 78.0 Å². The number of hydrogen-bond donors (Lipinski definition) is 1. The average Bonchev–Trinajstić information content (AvgIpc) is 2.83. The molecule has 0 bridgehead atoms. The quantitative estimate of drug-likeness (QED) is 0.652. The maximum atomic E-state index is 10.7. The summed E-state index contributed by atoms with van der Waals surface area (Å²) in [6.07, 6.45) is 3.56. The van der Waals surface area contributed by atoms with Crippen molar-refractivity contribution < 1.29 is 9.90 Å². The Morgan fingerprint density at radius 3 is 2.77 bits per heavy atom. The van der Waals surface area contributed by atoms with Crippen molar-refractivity contribution in [3.05, 3.63) is 11.1 Å². The molecule has 3 nitrogen and oxygen atoms in total. The number of nitrogens with zero attached hydrogens (tertiary/aromatic N) is 1. The van der Waals surface area contributed by atoms with Crippen LogP contribution in [0.4, 0.5) is 0 Å². The molecule has 3 heteroatoms. The lowest BCUT2D eigenvalue weighted by Gasteiger charge is -2.11. The van der Waals surface area contributed by atoms with E-state index in [1.807, 2.05) is 0 Å². The lowest BCUT2D eigenvalue weighted by molar-refractivity contribution is -0.132. The third kappa shape index (κ3) is 1.75. The van der Waals surface area contributed by atoms with E-state index in [-0.39, 0.29) is 0 Å². The van der Waals surface area contributed by atoms with E-state index in [0.717, 1.165) is 31.1 Å². The molecule has 2 aliphatic rings. The molecular formula is C10H15NO2. The van der Waals surface area contributed by atoms with Gasteiger partial charge in [0.25, 0.3) is 0 Å². The third-order valence-corrected chi connectivity index (χ3v) is 3.01. The van der Waals surface area contributed by atoms with E-state index < -0.39 is 5.97 Å². The number of aliphatic carboxylic acids is 1. The van der Waals surface area contributed by atoms with Crippen LogP contribution in [-0.4, -0.2) is 35.1 Å². The van der Waals surface area contributed by atoms with E-state index in [1.165, 1.54) is 12.8 Å². The van der Waals surface area contributed by atoms with Gasteiger partial charge in [0.2, 0.25) is 0 Å². The van der Waals surface area contributed by atoms with Crippen molar-refractivity contribution in [3.63, 3.8) is 0 Å². The third-order valence-electron chi connectivity index (χ3n) is 3.01. The van der Waals surface area contributed by atoms with Gasteiger partial charge in [0, 0.05) is 24.7 Å². The monoisotopic (exact) mass is 181 g/mol. The van der Waals surface area contributed by atoms with Gasteiger partial charge < -0.3 is 5.11 Å². The van der Waals surface area contributed by atoms with Crippen LogP contribution >= 0.6 is 0 Å². The minimum Gasteiger partial charge on any atom is -0.478 e. The molecular weight excluding hydrogens is 166 g/mol. The minimum absolute atomic E-state index is 0.558. The van der Waals surface area contributed by atoms with Gasteiger partial charge in [0.1, 0.15) is 0 Å². The Balaban J connectivity index is 2.03. The molecule has 0 aromatic heterocycles. The van der Waals surface area contributed by atoms with Crippen LogP contribution < -0.4 is 0 Å². The maximum absolute atomic E-state index is 10.7. The fraction of sp³-hybridized carbons (Fsp3) is 0.700. The van der Waals surface area contributed by atoms with Crippen molar-refractivity contribution in [2.75, 3.05) is 13.1 Å². The molecule has 1 aliphatic carbocycles. The fourth-order valence-corrected chi connectivity index (χ4v) is 1.89. The number of likely N-dealkylation sites (tertiary alicyclic amines) is 1. The summed E-state index contributed by atoms with van der Waals surface area (Å²) >= 11 is 0. The van der Waals surface area contributed by atoms with Gasteiger partial charge in [-0.05, 0) is 31.8 Å². The number of carboxylic acids is 1. The molecule has 0 unspecified atom stereocenters. The molecule has 72 valence electrons. The lowest BCUT2D eigenvalue weighted by atomic mass is 10.1. The standard InChI is InChI=1S/C10H15NO2/c1-7(10(12)13)8-4-5-11(6-8)9-2-3-9/h9H,2-6H2,1H3,(H,12,13). The van der Waals surface area contributed by atoms with Crippen LogP contribution in [0.5, 0.6) is 0 Å². The van der Waals surface area contributed by atoms with Crippen molar-refractivity contribution in [2.45, 2.75) is 32.2 Å². The molecule has 0 atom stereocenters. The fourth-order valence-electron chi connectivity index (χ4n) is 1.89. The van der Waals surface area contributed by atoms with Gasteiger partial charge in [0.15, 0.2) is 0 Å². The topological polar surface area (TPSA) is 40.5 Å². The van der Waals surface area contributed by atoms with Crippen LogP contribution in [0.3, 0.4) is 0 Å². The first-order valence-electron chi connectivity index (χ1n) is 4.84. The van der Waals surface area contributed by atoms with E-state index >= 15 is 0 Å². The van der Waals surface area contributed by atoms with E-state index in [9.17, 15) is 4.79 Å². The second-order valence-corrected chi connectivity index (χ2v) is 3.99. The SMILES string of the molecule is CC(C(=O)O)=C1CCN(C2CC2)C1. The summed E-state index contributed by atoms with van der Waals surface area (Å²) < 4.78 is 0. The highest BCUT2D eigenvalue weighted by atomic mass is 16.4. The van der Waals surface area contributed by atoms with Crippen molar-refractivity contribution in [2.24, 2.45) is 0 Å². The highest BCUT2D eigenvalue weighted by Crippen LogP contribution is 2.32. The summed E-state index contributed by atoms with van der Waals surface area (Å²) in [7, 11) is 0. The van der Waals surface area contributed by atoms with Crippen LogP contribution in [0.25, 0.3) is 0 Å². The van der Waals surface area contributed by atoms with E-state index in [4.69, 9.17) is 5.11 Å². The van der Waals surface area contributed by atoms with Gasteiger partial charge in [0.05, 0.1) is 0 Å². The summed E-state index contributed by atoms with van der Waals surface area (Å²) in [5.74, 6) is -0.757. The Bertz CT molecular complexity index is 266. The van der Waals surface area contributed by atoms with Crippen molar-refractivity contribution in [3.8, 4) is 0 Å². The number of hydrogen-bond acceptors (Lipinski definition) is 2. The second-order valence-electron chi connectivity index (χ2n) is 3.99. The molecule has 0 aromatic rings. The molecule has 2 fully saturated rings. The molecule has 1 aliphatic heterocycles. The zero-order chi connectivity index (χ0) is 9.42. The zero-order valence-electron chi connectivity index (χ0n) is 7.92. The summed E-state index contributed by atoms with van der Waals surface area (Å²) in [5, 5.41) is 8.81. The summed E-state index contributed by atoms with van der Waals surface area (Å²) in [6.45, 7) is 3.67. The Morgan fingerprint density at radius 2 is 2.23 bits per heavy atom. The molecule has 2 rings (SSSR count). The van der Waals surface area contributed by atoms with Gasteiger partial charge in [-0.2, -0.15) is 0 Å². The number of rotatable bonds is 2. The van der Waals surface area contributed by atoms with Crippen LogP contribution in [0.2, 0.25) is 0 Å². The van der Waals surface area contributed by atoms with Crippen LogP contribution in [-0.2, 0) is 4.79 Å². The highest BCUT2D eigenvalue weighted by Gasteiger charge is 2.33. The van der Waals surface area contributed by atoms with Gasteiger partial charge in [-0.3, -0.25) is 4.90 Å². The largest absolute Gasteiger partial charge is 0.478 e. The van der Waals surface area contributed by atoms with Crippen molar-refractivity contribution in [1.82, 2.24) is 4.90 Å². The van der Waals surface area contributed by atoms with Crippen LogP contribution in [0.1, 0.15) is 26.2 Å². The molecule has 0 radical (unpaired) electrons. The predicted octanol–water partition coefficient (Wildman–Crippen LogP) is 1.26. The summed E-state index contributed by atoms with van der Waals surface area (Å²) in [4.78, 5) is 13.1. The van der Waals surface area contributed by atoms with E-state index in [1.54, 1.807) is 6.92 Å². The Hall–Kier alpha value is -0.830. The Kier molecular flexibility index (Phi) is 2.12. The zero-order valence-corrected chi connectivity index (χ0v) is 7.92. The summed E-state index contributed by atoms with van der Waals surface area (Å²) in [6, 6.07) is 0.763. The molecule has 13 heavy (non-hydrogen) atoms. The first kappa shape index (κ1) is 8.75. The number of carbonyl (C=O) groups is 1. The number of carboxylic acid groups (broad SMARTS) is 1. The van der Waals surface area contributed by atoms with Gasteiger partial charge in [-0.25, -0.2) is 4.79 Å². The first-order valence-corrected chi connectivity index (χ1v) is 4.84. The molecule has 1 heterocycles. The van der Waals surface area contributed by atoms with Gasteiger partial charge in [-0.1, -0.05) is 0 Å². The lowest BCUT2D eigenvalue weighted by Crippen LogP contribution is -2.21. The maximum Gasteiger partial charge on any atom is 0.331 e. The van der Waals surface area contributed by atoms with Gasteiger partial charge in [-0.15, -0.1) is 0 Å². The smallest absolute Gasteiger partial charge is 0.331 e. The molecule has 0 spiro atoms. The normalized spacial score (nSPS) is 27.8. The van der Waals surface area contributed by atoms with E-state index in [2.05, 4.69) is 4.90 Å². The Morgan fingerprint density at radius 1 is 1.54 bits per heavy atom. The average molecular weight is 181 g/mol. The minimum atomic E-state index is -0.757. The van der Waals surface area contributed by atoms with Gasteiger partial charge >= 0.3 is 5.97 Å². The highest BCUT2D eigenvalue weighted by molar-refractivity contribution is 5.87. The van der Waals surface area contributed by atoms with E-state index in [0.29, 0.717) is 5.57 Å². The molecule has 1 saturated carbocycles. The van der Waals surface area contributed by atoms with Crippen molar-refractivity contribution >= 4 is 5.97 Å². The van der Waals surface area contributed by atoms with Crippen molar-refractivity contribution in [1.29, 1.82) is 0 Å². The molecule has 0 aromatic carbocycles. The molecule has 1 N–H and O–H groups in total. The molecule has 1 saturated heterocycles. The van der Waals surface area contributed by atoms with Crippen LogP contribution in [0.15, 0.2) is 11.1 Å². The summed E-state index contributed by atoms with van der Waals surface area (Å²) in [5.41, 5.74) is 1.68. The molecule has 0 amide bonds. The predicted molar refractivity (Wildman–Crippen MR) is 49.5 cm³/mol.